The zero-order chi connectivity index (χ0) is 30.9. The van der Waals surface area contributed by atoms with Crippen LogP contribution in [0.1, 0.15) is 49.4 Å². The highest BCUT2D eigenvalue weighted by Crippen LogP contribution is 2.52. The Bertz CT molecular complexity index is 1410. The van der Waals surface area contributed by atoms with E-state index < -0.39 is 47.2 Å². The van der Waals surface area contributed by atoms with E-state index in [1.54, 1.807) is 6.92 Å². The summed E-state index contributed by atoms with van der Waals surface area (Å²) < 4.78 is 10.5. The number of benzene rings is 1. The van der Waals surface area contributed by atoms with E-state index in [2.05, 4.69) is 33.4 Å². The average Bonchev–Trinajstić information content (AvgIpc) is 3.63. The van der Waals surface area contributed by atoms with Gasteiger partial charge < -0.3 is 35.8 Å². The van der Waals surface area contributed by atoms with Crippen LogP contribution in [-0.4, -0.2) is 61.3 Å². The van der Waals surface area contributed by atoms with Gasteiger partial charge in [-0.25, -0.2) is 4.79 Å². The van der Waals surface area contributed by atoms with Gasteiger partial charge in [-0.05, 0) is 74.6 Å². The molecule has 2 aromatic rings. The number of hydrogen-bond acceptors (Lipinski definition) is 9. The van der Waals surface area contributed by atoms with Crippen molar-refractivity contribution in [2.45, 2.75) is 45.1 Å². The molecule has 3 atom stereocenters. The smallest absolute Gasteiger partial charge is 0.407 e. The number of carboxylic acids is 1. The molecule has 0 heterocycles. The van der Waals surface area contributed by atoms with E-state index in [9.17, 15) is 33.9 Å². The summed E-state index contributed by atoms with van der Waals surface area (Å²) in [7, 11) is 0. The fourth-order valence-electron chi connectivity index (χ4n) is 5.38. The maximum Gasteiger partial charge on any atom is 0.407 e. The van der Waals surface area contributed by atoms with Crippen molar-refractivity contribution in [3.63, 3.8) is 0 Å². The average molecular weight is 597 g/mol. The van der Waals surface area contributed by atoms with Crippen molar-refractivity contribution >= 4 is 35.3 Å². The number of fused-ring (bicyclic) bond motifs is 1. The van der Waals surface area contributed by atoms with Crippen molar-refractivity contribution in [2.24, 2.45) is 17.8 Å². The van der Waals surface area contributed by atoms with Crippen LogP contribution in [0.25, 0.3) is 0 Å². The van der Waals surface area contributed by atoms with Crippen molar-refractivity contribution < 1.29 is 33.8 Å². The molecule has 0 aromatic heterocycles. The molecular formula is C30H36N4O9. The molecule has 0 spiro atoms. The Morgan fingerprint density at radius 3 is 2.23 bits per heavy atom. The molecule has 2 unspecified atom stereocenters. The first-order valence-corrected chi connectivity index (χ1v) is 14.4. The quantitative estimate of drug-likeness (QED) is 0.122. The number of carboxylic acid groups (broad SMARTS) is 1. The summed E-state index contributed by atoms with van der Waals surface area (Å²) in [6.45, 7) is 2.32. The van der Waals surface area contributed by atoms with Gasteiger partial charge in [0.15, 0.2) is 5.75 Å². The van der Waals surface area contributed by atoms with Crippen LogP contribution in [0.3, 0.4) is 0 Å². The van der Waals surface area contributed by atoms with E-state index >= 15 is 0 Å². The number of hydrogen-bond donors (Lipinski definition) is 5. The van der Waals surface area contributed by atoms with Gasteiger partial charge in [-0.1, -0.05) is 12.2 Å². The second-order valence-electron chi connectivity index (χ2n) is 10.6. The van der Waals surface area contributed by atoms with Gasteiger partial charge in [0.05, 0.1) is 19.6 Å². The molecule has 3 amide bonds. The summed E-state index contributed by atoms with van der Waals surface area (Å²) in [5.74, 6) is -1.17. The molecule has 13 nitrogen and oxygen atoms in total. The van der Waals surface area contributed by atoms with Crippen molar-refractivity contribution in [1.29, 1.82) is 0 Å². The molecule has 2 aromatic carbocycles. The Balaban J connectivity index is 1.20. The Hall–Kier alpha value is -4.68. The van der Waals surface area contributed by atoms with Crippen LogP contribution in [-0.2, 0) is 14.3 Å². The molecule has 2 aliphatic carbocycles. The van der Waals surface area contributed by atoms with Crippen molar-refractivity contribution in [3.8, 4) is 5.75 Å². The molecule has 0 saturated heterocycles. The molecular weight excluding hydrogens is 560 g/mol. The summed E-state index contributed by atoms with van der Waals surface area (Å²) in [4.78, 5) is 72.3. The molecule has 4 rings (SSSR count). The zero-order valence-corrected chi connectivity index (χ0v) is 23.9. The first-order chi connectivity index (χ1) is 20.7. The van der Waals surface area contributed by atoms with E-state index in [0.717, 1.165) is 25.7 Å². The van der Waals surface area contributed by atoms with Gasteiger partial charge in [0.1, 0.15) is 11.7 Å². The molecule has 230 valence electrons. The Morgan fingerprint density at radius 2 is 1.60 bits per heavy atom. The number of carbonyl (C=O) groups excluding carboxylic acids is 3. The van der Waals surface area contributed by atoms with Crippen LogP contribution in [0.5, 0.6) is 5.75 Å². The molecule has 43 heavy (non-hydrogen) atoms. The topological polar surface area (TPSA) is 189 Å². The predicted molar refractivity (Wildman–Crippen MR) is 156 cm³/mol. The van der Waals surface area contributed by atoms with Crippen LogP contribution in [0.15, 0.2) is 46.0 Å². The lowest BCUT2D eigenvalue weighted by molar-refractivity contribution is -0.139. The van der Waals surface area contributed by atoms with Crippen molar-refractivity contribution in [1.82, 2.24) is 16.0 Å². The fourth-order valence-corrected chi connectivity index (χ4v) is 5.38. The van der Waals surface area contributed by atoms with Crippen molar-refractivity contribution in [3.05, 3.63) is 62.4 Å². The summed E-state index contributed by atoms with van der Waals surface area (Å²) >= 11 is 0. The normalized spacial score (nSPS) is 20.3. The summed E-state index contributed by atoms with van der Waals surface area (Å²) in [5, 5.41) is 19.5. The number of amides is 3. The van der Waals surface area contributed by atoms with Gasteiger partial charge >= 0.3 is 12.1 Å². The minimum absolute atomic E-state index is 0.00143. The maximum atomic E-state index is 12.7. The minimum atomic E-state index is -1.37. The maximum absolute atomic E-state index is 12.7. The Morgan fingerprint density at radius 1 is 0.953 bits per heavy atom. The van der Waals surface area contributed by atoms with Gasteiger partial charge in [0, 0.05) is 24.3 Å². The molecule has 0 bridgehead atoms. The third kappa shape index (κ3) is 8.21. The van der Waals surface area contributed by atoms with Crippen LogP contribution in [0.2, 0.25) is 0 Å². The lowest BCUT2D eigenvalue weighted by Crippen LogP contribution is -2.49. The number of rotatable bonds is 14. The van der Waals surface area contributed by atoms with Gasteiger partial charge in [-0.15, -0.1) is 0 Å². The predicted octanol–water partition coefficient (Wildman–Crippen LogP) is 1.83. The van der Waals surface area contributed by atoms with Crippen LogP contribution >= 0.6 is 0 Å². The SMILES string of the molecule is CCOc1c(Nc2ccc(C(=O)N[C@@H](CC(=O)O)C(=O)NCCNC(=O)OCC3C4CC/C=C\CCC43)cc2)c(=O)c1=O. The Kier molecular flexibility index (Phi) is 10.5. The van der Waals surface area contributed by atoms with Crippen LogP contribution < -0.4 is 36.9 Å². The largest absolute Gasteiger partial charge is 0.488 e. The minimum Gasteiger partial charge on any atom is -0.488 e. The Labute approximate surface area is 247 Å². The number of allylic oxidation sites excluding steroid dienone is 2. The van der Waals surface area contributed by atoms with E-state index in [4.69, 9.17) is 9.47 Å². The first kappa shape index (κ1) is 31.3. The highest BCUT2D eigenvalue weighted by molar-refractivity contribution is 5.98. The van der Waals surface area contributed by atoms with Crippen LogP contribution in [0.4, 0.5) is 16.2 Å². The number of anilines is 2. The van der Waals surface area contributed by atoms with Gasteiger partial charge in [-0.3, -0.25) is 24.0 Å². The second-order valence-corrected chi connectivity index (χ2v) is 10.6. The van der Waals surface area contributed by atoms with Gasteiger partial charge in [-0.2, -0.15) is 0 Å². The lowest BCUT2D eigenvalue weighted by Gasteiger charge is -2.17. The fraction of sp³-hybridized carbons (Fsp3) is 0.467. The number of alkyl carbamates (subject to hydrolysis) is 1. The number of ether oxygens (including phenoxy) is 2. The van der Waals surface area contributed by atoms with Gasteiger partial charge in [0.2, 0.25) is 5.91 Å². The third-order valence-corrected chi connectivity index (χ3v) is 7.68. The first-order valence-electron chi connectivity index (χ1n) is 14.4. The summed E-state index contributed by atoms with van der Waals surface area (Å²) in [6, 6.07) is 4.41. The summed E-state index contributed by atoms with van der Waals surface area (Å²) in [6.07, 6.45) is 7.50. The highest BCUT2D eigenvalue weighted by atomic mass is 16.5. The second kappa shape index (κ2) is 14.5. The van der Waals surface area contributed by atoms with Crippen molar-refractivity contribution in [2.75, 3.05) is 31.6 Å². The third-order valence-electron chi connectivity index (χ3n) is 7.68. The van der Waals surface area contributed by atoms with Gasteiger partial charge in [0.25, 0.3) is 16.8 Å². The molecule has 0 aliphatic heterocycles. The molecule has 0 radical (unpaired) electrons. The molecule has 13 heteroatoms. The van der Waals surface area contributed by atoms with E-state index in [1.807, 2.05) is 0 Å². The van der Waals surface area contributed by atoms with E-state index in [0.29, 0.717) is 30.0 Å². The standard InChI is InChI=1S/C30H36N4O9/c1-2-42-27-24(25(37)26(27)38)33-18-11-9-17(10-12-18)28(39)34-22(15-23(35)36)29(40)31-13-14-32-30(41)43-16-21-19-7-5-3-4-6-8-20(19)21/h3-4,9-12,19-22,33H,2,5-8,13-16H2,1H3,(H,31,40)(H,32,41)(H,34,39)(H,35,36)/b4-3-/t19?,20?,21?,22-/m0/s1. The van der Waals surface area contributed by atoms with E-state index in [1.165, 1.54) is 24.3 Å². The lowest BCUT2D eigenvalue weighted by atomic mass is 10.1. The van der Waals surface area contributed by atoms with Crippen LogP contribution in [0, 0.1) is 17.8 Å². The molecule has 1 saturated carbocycles. The highest BCUT2D eigenvalue weighted by Gasteiger charge is 2.49. The van der Waals surface area contributed by atoms with E-state index in [-0.39, 0.29) is 36.7 Å². The monoisotopic (exact) mass is 596 g/mol. The molecule has 1 fully saturated rings. The zero-order valence-electron chi connectivity index (χ0n) is 23.9. The molecule has 5 N–H and O–H groups in total. The number of aliphatic carboxylic acids is 1. The number of carbonyl (C=O) groups is 4. The number of nitrogens with one attached hydrogen (secondary N) is 4. The summed E-state index contributed by atoms with van der Waals surface area (Å²) in [5.41, 5.74) is -0.859. The molecule has 2 aliphatic rings.